The number of alkyl halides is 3. The quantitative estimate of drug-likeness (QED) is 0.862. The van der Waals surface area contributed by atoms with Gasteiger partial charge in [0.2, 0.25) is 10.0 Å². The highest BCUT2D eigenvalue weighted by atomic mass is 35.5. The molecule has 0 aromatic carbocycles. The van der Waals surface area contributed by atoms with Gasteiger partial charge in [0.05, 0.1) is 0 Å². The van der Waals surface area contributed by atoms with Crippen molar-refractivity contribution in [1.29, 1.82) is 0 Å². The SMILES string of the molecule is CC1(C)CN(S(=O)(=O)c2ccc(C(F)(F)F)nc2)CCC1N.Cl. The van der Waals surface area contributed by atoms with Crippen molar-refractivity contribution >= 4 is 22.4 Å². The predicted molar refractivity (Wildman–Crippen MR) is 81.6 cm³/mol. The molecule has 0 radical (unpaired) electrons. The molecule has 1 aromatic rings. The molecule has 132 valence electrons. The van der Waals surface area contributed by atoms with Gasteiger partial charge in [-0.3, -0.25) is 4.98 Å². The highest BCUT2D eigenvalue weighted by Gasteiger charge is 2.39. The molecule has 0 aliphatic carbocycles. The van der Waals surface area contributed by atoms with E-state index in [4.69, 9.17) is 5.73 Å². The summed E-state index contributed by atoms with van der Waals surface area (Å²) < 4.78 is 63.7. The molecule has 0 amide bonds. The number of piperidine rings is 1. The standard InChI is InChI=1S/C13H18F3N3O2S.ClH/c1-12(2)8-19(6-5-10(12)17)22(20,21)9-3-4-11(18-7-9)13(14,15)16;/h3-4,7,10H,5-6,8,17H2,1-2H3;1H. The van der Waals surface area contributed by atoms with Crippen LogP contribution >= 0.6 is 12.4 Å². The number of hydrogen-bond acceptors (Lipinski definition) is 4. The zero-order chi connectivity index (χ0) is 16.8. The monoisotopic (exact) mass is 373 g/mol. The summed E-state index contributed by atoms with van der Waals surface area (Å²) in [7, 11) is -3.87. The summed E-state index contributed by atoms with van der Waals surface area (Å²) in [4.78, 5) is 2.96. The van der Waals surface area contributed by atoms with Crippen LogP contribution in [0.3, 0.4) is 0 Å². The molecule has 0 spiro atoms. The third kappa shape index (κ3) is 4.14. The van der Waals surface area contributed by atoms with Gasteiger partial charge in [-0.05, 0) is 24.0 Å². The molecule has 2 heterocycles. The molecule has 1 unspecified atom stereocenters. The van der Waals surface area contributed by atoms with Crippen molar-refractivity contribution in [3.63, 3.8) is 0 Å². The van der Waals surface area contributed by atoms with E-state index in [-0.39, 0.29) is 36.4 Å². The number of aromatic nitrogens is 1. The van der Waals surface area contributed by atoms with Crippen LogP contribution in [-0.2, 0) is 16.2 Å². The molecule has 0 bridgehead atoms. The van der Waals surface area contributed by atoms with Crippen LogP contribution in [0.1, 0.15) is 26.0 Å². The average Bonchev–Trinajstić information content (AvgIpc) is 2.41. The first-order chi connectivity index (χ1) is 9.94. The highest BCUT2D eigenvalue weighted by Crippen LogP contribution is 2.32. The molecule has 1 aromatic heterocycles. The lowest BCUT2D eigenvalue weighted by Gasteiger charge is -2.41. The number of nitrogens with zero attached hydrogens (tertiary/aromatic N) is 2. The molecule has 1 aliphatic rings. The van der Waals surface area contributed by atoms with Gasteiger partial charge in [-0.15, -0.1) is 12.4 Å². The van der Waals surface area contributed by atoms with Gasteiger partial charge >= 0.3 is 6.18 Å². The number of pyridine rings is 1. The predicted octanol–water partition coefficient (Wildman–Crippen LogP) is 2.27. The van der Waals surface area contributed by atoms with Gasteiger partial charge in [-0.1, -0.05) is 13.8 Å². The molecule has 5 nitrogen and oxygen atoms in total. The minimum Gasteiger partial charge on any atom is -0.327 e. The lowest BCUT2D eigenvalue weighted by molar-refractivity contribution is -0.141. The van der Waals surface area contributed by atoms with Gasteiger partial charge in [0.25, 0.3) is 0 Å². The van der Waals surface area contributed by atoms with Gasteiger partial charge < -0.3 is 5.73 Å². The second-order valence-corrected chi connectivity index (χ2v) is 8.04. The van der Waals surface area contributed by atoms with Crippen LogP contribution in [0.2, 0.25) is 0 Å². The van der Waals surface area contributed by atoms with Crippen LogP contribution in [0, 0.1) is 5.41 Å². The Morgan fingerprint density at radius 1 is 1.35 bits per heavy atom. The Morgan fingerprint density at radius 3 is 2.39 bits per heavy atom. The Balaban J connectivity index is 0.00000264. The molecule has 1 saturated heterocycles. The smallest absolute Gasteiger partial charge is 0.327 e. The largest absolute Gasteiger partial charge is 0.433 e. The van der Waals surface area contributed by atoms with E-state index in [1.54, 1.807) is 0 Å². The molecular formula is C13H19ClF3N3O2S. The first-order valence-corrected chi connectivity index (χ1v) is 8.17. The molecule has 1 atom stereocenters. The second kappa shape index (κ2) is 6.54. The van der Waals surface area contributed by atoms with E-state index in [1.807, 2.05) is 13.8 Å². The number of hydrogen-bond donors (Lipinski definition) is 1. The Bertz CT molecular complexity index is 647. The number of halogens is 4. The van der Waals surface area contributed by atoms with Crippen molar-refractivity contribution in [2.75, 3.05) is 13.1 Å². The maximum absolute atomic E-state index is 12.5. The summed E-state index contributed by atoms with van der Waals surface area (Å²) in [5.74, 6) is 0. The molecule has 23 heavy (non-hydrogen) atoms. The van der Waals surface area contributed by atoms with E-state index < -0.39 is 27.3 Å². The Hall–Kier alpha value is -0.900. The number of nitrogens with two attached hydrogens (primary N) is 1. The summed E-state index contributed by atoms with van der Waals surface area (Å²) in [5.41, 5.74) is 4.45. The summed E-state index contributed by atoms with van der Waals surface area (Å²) in [6, 6.07) is 1.49. The zero-order valence-electron chi connectivity index (χ0n) is 12.7. The van der Waals surface area contributed by atoms with Gasteiger partial charge in [0, 0.05) is 25.3 Å². The van der Waals surface area contributed by atoms with E-state index in [1.165, 1.54) is 4.31 Å². The average molecular weight is 374 g/mol. The lowest BCUT2D eigenvalue weighted by atomic mass is 9.81. The van der Waals surface area contributed by atoms with E-state index in [0.29, 0.717) is 12.5 Å². The maximum Gasteiger partial charge on any atom is 0.433 e. The molecule has 10 heteroatoms. The first-order valence-electron chi connectivity index (χ1n) is 6.73. The summed E-state index contributed by atoms with van der Waals surface area (Å²) >= 11 is 0. The van der Waals surface area contributed by atoms with Gasteiger partial charge in [0.15, 0.2) is 0 Å². The van der Waals surface area contributed by atoms with E-state index in [0.717, 1.165) is 12.3 Å². The fraction of sp³-hybridized carbons (Fsp3) is 0.615. The highest BCUT2D eigenvalue weighted by molar-refractivity contribution is 7.89. The molecule has 1 aliphatic heterocycles. The zero-order valence-corrected chi connectivity index (χ0v) is 14.3. The Labute approximate surface area is 139 Å². The minimum atomic E-state index is -4.60. The Morgan fingerprint density at radius 2 is 1.96 bits per heavy atom. The van der Waals surface area contributed by atoms with E-state index in [9.17, 15) is 21.6 Å². The summed E-state index contributed by atoms with van der Waals surface area (Å²) in [6.07, 6.45) is -3.35. The van der Waals surface area contributed by atoms with Crippen molar-refractivity contribution in [3.8, 4) is 0 Å². The molecule has 2 rings (SSSR count). The van der Waals surface area contributed by atoms with E-state index >= 15 is 0 Å². The summed E-state index contributed by atoms with van der Waals surface area (Å²) in [6.45, 7) is 4.19. The maximum atomic E-state index is 12.5. The number of sulfonamides is 1. The van der Waals surface area contributed by atoms with Crippen LogP contribution in [-0.4, -0.2) is 36.8 Å². The third-order valence-electron chi connectivity index (χ3n) is 3.94. The van der Waals surface area contributed by atoms with Crippen molar-refractivity contribution < 1.29 is 21.6 Å². The number of rotatable bonds is 2. The second-order valence-electron chi connectivity index (χ2n) is 6.10. The normalized spacial score (nSPS) is 22.4. The van der Waals surface area contributed by atoms with Crippen LogP contribution in [0.25, 0.3) is 0 Å². The lowest BCUT2D eigenvalue weighted by Crippen LogP contribution is -2.53. The van der Waals surface area contributed by atoms with Crippen molar-refractivity contribution in [2.24, 2.45) is 11.1 Å². The molecule has 2 N–H and O–H groups in total. The van der Waals surface area contributed by atoms with Crippen molar-refractivity contribution in [1.82, 2.24) is 9.29 Å². The Kier molecular flexibility index (Phi) is 5.73. The van der Waals surface area contributed by atoms with Crippen LogP contribution in [0.4, 0.5) is 13.2 Å². The fourth-order valence-corrected chi connectivity index (χ4v) is 3.95. The van der Waals surface area contributed by atoms with Gasteiger partial charge in [-0.2, -0.15) is 17.5 Å². The fourth-order valence-electron chi connectivity index (χ4n) is 2.38. The van der Waals surface area contributed by atoms with Crippen molar-refractivity contribution in [2.45, 2.75) is 37.4 Å². The molecular weight excluding hydrogens is 355 g/mol. The first kappa shape index (κ1) is 20.1. The summed E-state index contributed by atoms with van der Waals surface area (Å²) in [5, 5.41) is 0. The van der Waals surface area contributed by atoms with Crippen LogP contribution in [0.15, 0.2) is 23.2 Å². The topological polar surface area (TPSA) is 76.3 Å². The van der Waals surface area contributed by atoms with Crippen molar-refractivity contribution in [3.05, 3.63) is 24.0 Å². The third-order valence-corrected chi connectivity index (χ3v) is 5.77. The molecule has 0 saturated carbocycles. The van der Waals surface area contributed by atoms with Gasteiger partial charge in [-0.25, -0.2) is 8.42 Å². The minimum absolute atomic E-state index is 0. The van der Waals surface area contributed by atoms with Gasteiger partial charge in [0.1, 0.15) is 10.6 Å². The van der Waals surface area contributed by atoms with Crippen LogP contribution < -0.4 is 5.73 Å². The van der Waals surface area contributed by atoms with Crippen LogP contribution in [0.5, 0.6) is 0 Å². The molecule has 1 fully saturated rings. The van der Waals surface area contributed by atoms with E-state index in [2.05, 4.69) is 4.98 Å².